The number of nitrogens with one attached hydrogen (secondary N) is 1. The monoisotopic (exact) mass is 275 g/mol. The molecule has 110 valence electrons. The van der Waals surface area contributed by atoms with Crippen LogP contribution >= 0.6 is 0 Å². The molecule has 0 aliphatic carbocycles. The average molecular weight is 275 g/mol. The number of likely N-dealkylation sites (tertiary alicyclic amines) is 1. The van der Waals surface area contributed by atoms with Crippen LogP contribution in [0.3, 0.4) is 0 Å². The van der Waals surface area contributed by atoms with Crippen molar-refractivity contribution < 1.29 is 4.79 Å². The lowest BCUT2D eigenvalue weighted by Gasteiger charge is -2.16. The molecule has 0 spiro atoms. The molecular weight excluding hydrogens is 250 g/mol. The average Bonchev–Trinajstić information content (AvgIpc) is 2.91. The van der Waals surface area contributed by atoms with E-state index < -0.39 is 6.04 Å². The van der Waals surface area contributed by atoms with Crippen molar-refractivity contribution in [2.24, 2.45) is 11.7 Å². The molecule has 1 aliphatic heterocycles. The summed E-state index contributed by atoms with van der Waals surface area (Å²) in [4.78, 5) is 13.9. The van der Waals surface area contributed by atoms with Gasteiger partial charge in [0.2, 0.25) is 5.91 Å². The Morgan fingerprint density at radius 1 is 1.45 bits per heavy atom. The van der Waals surface area contributed by atoms with Gasteiger partial charge in [-0.25, -0.2) is 0 Å². The maximum Gasteiger partial charge on any atom is 0.236 e. The van der Waals surface area contributed by atoms with E-state index in [1.807, 2.05) is 0 Å². The maximum atomic E-state index is 11.4. The standard InChI is InChI=1S/C16H25N3O/c1-13(17)16(20)18-11-15-8-10-19(12-15)9-7-14-5-3-2-4-6-14/h2-6,13,15H,7-12,17H2,1H3,(H,18,20)/t13-,15-/m1/s1. The third-order valence-electron chi connectivity index (χ3n) is 3.91. The molecule has 0 aromatic heterocycles. The minimum Gasteiger partial charge on any atom is -0.354 e. The molecular formula is C16H25N3O. The summed E-state index contributed by atoms with van der Waals surface area (Å²) in [6, 6.07) is 10.2. The van der Waals surface area contributed by atoms with Gasteiger partial charge in [0.25, 0.3) is 0 Å². The Morgan fingerprint density at radius 2 is 2.20 bits per heavy atom. The summed E-state index contributed by atoms with van der Waals surface area (Å²) >= 11 is 0. The largest absolute Gasteiger partial charge is 0.354 e. The summed E-state index contributed by atoms with van der Waals surface area (Å²) < 4.78 is 0. The Labute approximate surface area is 121 Å². The highest BCUT2D eigenvalue weighted by Gasteiger charge is 2.22. The van der Waals surface area contributed by atoms with E-state index in [1.165, 1.54) is 5.56 Å². The normalized spacial score (nSPS) is 20.8. The molecule has 0 saturated carbocycles. The SMILES string of the molecule is C[C@@H](N)C(=O)NC[C@H]1CCN(CCc2ccccc2)C1. The molecule has 4 heteroatoms. The molecule has 1 heterocycles. The number of hydrogen-bond donors (Lipinski definition) is 2. The lowest BCUT2D eigenvalue weighted by Crippen LogP contribution is -2.40. The van der Waals surface area contributed by atoms with E-state index >= 15 is 0 Å². The molecule has 2 atom stereocenters. The second-order valence-corrected chi connectivity index (χ2v) is 5.72. The number of hydrogen-bond acceptors (Lipinski definition) is 3. The van der Waals surface area contributed by atoms with Crippen LogP contribution in [0.25, 0.3) is 0 Å². The van der Waals surface area contributed by atoms with E-state index in [9.17, 15) is 4.79 Å². The fourth-order valence-electron chi connectivity index (χ4n) is 2.62. The Balaban J connectivity index is 1.66. The van der Waals surface area contributed by atoms with Crippen LogP contribution in [0.1, 0.15) is 18.9 Å². The predicted octanol–water partition coefficient (Wildman–Crippen LogP) is 1.01. The third-order valence-corrected chi connectivity index (χ3v) is 3.91. The molecule has 1 amide bonds. The van der Waals surface area contributed by atoms with Crippen LogP contribution in [0.5, 0.6) is 0 Å². The molecule has 2 rings (SSSR count). The number of nitrogens with zero attached hydrogens (tertiary/aromatic N) is 1. The first kappa shape index (κ1) is 15.0. The molecule has 1 aromatic rings. The van der Waals surface area contributed by atoms with Gasteiger partial charge < -0.3 is 16.0 Å². The Morgan fingerprint density at radius 3 is 2.90 bits per heavy atom. The fraction of sp³-hybridized carbons (Fsp3) is 0.562. The first-order valence-electron chi connectivity index (χ1n) is 7.44. The van der Waals surface area contributed by atoms with Gasteiger partial charge in [0.05, 0.1) is 6.04 Å². The van der Waals surface area contributed by atoms with Crippen LogP contribution in [0.15, 0.2) is 30.3 Å². The Bertz CT molecular complexity index is 419. The summed E-state index contributed by atoms with van der Waals surface area (Å²) in [6.45, 7) is 5.78. The van der Waals surface area contributed by atoms with Crippen molar-refractivity contribution in [3.8, 4) is 0 Å². The van der Waals surface area contributed by atoms with Crippen molar-refractivity contribution in [3.63, 3.8) is 0 Å². The molecule has 0 radical (unpaired) electrons. The van der Waals surface area contributed by atoms with Crippen LogP contribution in [0, 0.1) is 5.92 Å². The van der Waals surface area contributed by atoms with E-state index in [0.717, 1.165) is 39.0 Å². The van der Waals surface area contributed by atoms with Crippen molar-refractivity contribution in [2.75, 3.05) is 26.2 Å². The van der Waals surface area contributed by atoms with Crippen LogP contribution in [-0.4, -0.2) is 43.0 Å². The number of amides is 1. The van der Waals surface area contributed by atoms with Crippen molar-refractivity contribution in [1.29, 1.82) is 0 Å². The highest BCUT2D eigenvalue weighted by Crippen LogP contribution is 2.15. The summed E-state index contributed by atoms with van der Waals surface area (Å²) in [7, 11) is 0. The van der Waals surface area contributed by atoms with Crippen LogP contribution in [-0.2, 0) is 11.2 Å². The van der Waals surface area contributed by atoms with Gasteiger partial charge in [-0.1, -0.05) is 30.3 Å². The molecule has 1 fully saturated rings. The number of carbonyl (C=O) groups excluding carboxylic acids is 1. The van der Waals surface area contributed by atoms with Gasteiger partial charge in [0, 0.05) is 19.6 Å². The zero-order chi connectivity index (χ0) is 14.4. The molecule has 0 bridgehead atoms. The third kappa shape index (κ3) is 4.62. The van der Waals surface area contributed by atoms with Crippen molar-refractivity contribution in [1.82, 2.24) is 10.2 Å². The molecule has 20 heavy (non-hydrogen) atoms. The molecule has 4 nitrogen and oxygen atoms in total. The highest BCUT2D eigenvalue weighted by molar-refractivity contribution is 5.80. The molecule has 0 unspecified atom stereocenters. The zero-order valence-corrected chi connectivity index (χ0v) is 12.2. The first-order valence-corrected chi connectivity index (χ1v) is 7.44. The topological polar surface area (TPSA) is 58.4 Å². The fourth-order valence-corrected chi connectivity index (χ4v) is 2.62. The molecule has 1 saturated heterocycles. The minimum atomic E-state index is -0.411. The summed E-state index contributed by atoms with van der Waals surface area (Å²) in [6.07, 6.45) is 2.26. The second-order valence-electron chi connectivity index (χ2n) is 5.72. The molecule has 3 N–H and O–H groups in total. The van der Waals surface area contributed by atoms with E-state index in [0.29, 0.717) is 5.92 Å². The van der Waals surface area contributed by atoms with E-state index in [1.54, 1.807) is 6.92 Å². The van der Waals surface area contributed by atoms with Gasteiger partial charge in [-0.05, 0) is 37.8 Å². The quantitative estimate of drug-likeness (QED) is 0.815. The predicted molar refractivity (Wildman–Crippen MR) is 81.4 cm³/mol. The van der Waals surface area contributed by atoms with Gasteiger partial charge in [0.15, 0.2) is 0 Å². The lowest BCUT2D eigenvalue weighted by molar-refractivity contribution is -0.122. The van der Waals surface area contributed by atoms with Gasteiger partial charge >= 0.3 is 0 Å². The van der Waals surface area contributed by atoms with Gasteiger partial charge in [0.1, 0.15) is 0 Å². The van der Waals surface area contributed by atoms with E-state index in [2.05, 4.69) is 40.5 Å². The smallest absolute Gasteiger partial charge is 0.236 e. The Kier molecular flexibility index (Phi) is 5.56. The molecule has 1 aromatic carbocycles. The summed E-state index contributed by atoms with van der Waals surface area (Å²) in [5.41, 5.74) is 6.93. The van der Waals surface area contributed by atoms with Crippen LogP contribution in [0.2, 0.25) is 0 Å². The first-order chi connectivity index (χ1) is 9.65. The van der Waals surface area contributed by atoms with Crippen molar-refractivity contribution in [3.05, 3.63) is 35.9 Å². The Hall–Kier alpha value is -1.39. The number of nitrogens with two attached hydrogens (primary N) is 1. The van der Waals surface area contributed by atoms with Crippen molar-refractivity contribution >= 4 is 5.91 Å². The number of benzene rings is 1. The summed E-state index contributed by atoms with van der Waals surface area (Å²) in [5, 5.41) is 2.93. The van der Waals surface area contributed by atoms with Crippen LogP contribution < -0.4 is 11.1 Å². The van der Waals surface area contributed by atoms with Crippen LogP contribution in [0.4, 0.5) is 0 Å². The lowest BCUT2D eigenvalue weighted by atomic mass is 10.1. The van der Waals surface area contributed by atoms with Gasteiger partial charge in [-0.15, -0.1) is 0 Å². The van der Waals surface area contributed by atoms with E-state index in [4.69, 9.17) is 5.73 Å². The molecule has 1 aliphatic rings. The number of rotatable bonds is 6. The van der Waals surface area contributed by atoms with Gasteiger partial charge in [-0.3, -0.25) is 4.79 Å². The minimum absolute atomic E-state index is 0.0484. The maximum absolute atomic E-state index is 11.4. The van der Waals surface area contributed by atoms with Gasteiger partial charge in [-0.2, -0.15) is 0 Å². The summed E-state index contributed by atoms with van der Waals surface area (Å²) in [5.74, 6) is 0.515. The number of carbonyl (C=O) groups is 1. The van der Waals surface area contributed by atoms with E-state index in [-0.39, 0.29) is 5.91 Å². The highest BCUT2D eigenvalue weighted by atomic mass is 16.2. The second kappa shape index (κ2) is 7.41. The zero-order valence-electron chi connectivity index (χ0n) is 12.2. The van der Waals surface area contributed by atoms with Crippen molar-refractivity contribution in [2.45, 2.75) is 25.8 Å².